The van der Waals surface area contributed by atoms with Crippen LogP contribution >= 0.6 is 15.6 Å². The second-order valence-corrected chi connectivity index (χ2v) is 19.3. The van der Waals surface area contributed by atoms with Gasteiger partial charge in [0.2, 0.25) is 0 Å². The largest absolute Gasteiger partial charge is 0.472 e. The van der Waals surface area contributed by atoms with Gasteiger partial charge >= 0.3 is 27.6 Å². The van der Waals surface area contributed by atoms with Gasteiger partial charge in [-0.15, -0.1) is 0 Å². The van der Waals surface area contributed by atoms with E-state index in [1.54, 1.807) is 6.08 Å². The van der Waals surface area contributed by atoms with Crippen molar-refractivity contribution < 1.29 is 76.9 Å². The first-order valence-corrected chi connectivity index (χ1v) is 26.6. The van der Waals surface area contributed by atoms with E-state index in [1.165, 1.54) is 19.3 Å². The zero-order valence-corrected chi connectivity index (χ0v) is 40.2. The average Bonchev–Trinajstić information content (AvgIpc) is 3.51. The molecule has 16 nitrogen and oxygen atoms in total. The summed E-state index contributed by atoms with van der Waals surface area (Å²) in [6, 6.07) is 0. The number of rotatable bonds is 40. The minimum atomic E-state index is -4.90. The van der Waals surface area contributed by atoms with Crippen LogP contribution in [0.2, 0.25) is 0 Å². The van der Waals surface area contributed by atoms with Crippen LogP contribution < -0.4 is 0 Å². The fourth-order valence-electron chi connectivity index (χ4n) is 7.16. The van der Waals surface area contributed by atoms with Crippen molar-refractivity contribution in [3.05, 3.63) is 48.6 Å². The number of phosphoric acid groups is 2. The van der Waals surface area contributed by atoms with Crippen LogP contribution in [0.3, 0.4) is 0 Å². The first-order valence-electron chi connectivity index (χ1n) is 23.6. The second kappa shape index (κ2) is 37.0. The molecule has 1 aliphatic carbocycles. The fourth-order valence-corrected chi connectivity index (χ4v) is 8.31. The van der Waals surface area contributed by atoms with E-state index in [4.69, 9.17) is 23.8 Å². The van der Waals surface area contributed by atoms with Crippen LogP contribution in [0.25, 0.3) is 0 Å². The Bertz CT molecular complexity index is 1430. The molecule has 64 heavy (non-hydrogen) atoms. The normalized spacial score (nSPS) is 20.7. The van der Waals surface area contributed by atoms with Gasteiger partial charge in [0.05, 0.1) is 38.1 Å². The number of phosphoric ester groups is 2. The summed E-state index contributed by atoms with van der Waals surface area (Å²) in [6.07, 6.45) is 30.1. The van der Waals surface area contributed by atoms with Crippen molar-refractivity contribution in [3.8, 4) is 0 Å². The summed E-state index contributed by atoms with van der Waals surface area (Å²) >= 11 is 0. The summed E-state index contributed by atoms with van der Waals surface area (Å²) in [5.74, 6) is -1.59. The molecule has 0 bridgehead atoms. The van der Waals surface area contributed by atoms with Crippen LogP contribution in [-0.4, -0.2) is 104 Å². The van der Waals surface area contributed by atoms with Gasteiger partial charge in [-0.1, -0.05) is 127 Å². The van der Waals surface area contributed by atoms with Crippen LogP contribution in [0.1, 0.15) is 162 Å². The van der Waals surface area contributed by atoms with Gasteiger partial charge in [-0.3, -0.25) is 23.2 Å². The average molecular weight is 953 g/mol. The highest BCUT2D eigenvalue weighted by Crippen LogP contribution is 2.44. The molecule has 0 radical (unpaired) electrons. The molecule has 1 aliphatic rings. The Labute approximate surface area is 382 Å². The van der Waals surface area contributed by atoms with E-state index in [9.17, 15) is 44.0 Å². The van der Waals surface area contributed by atoms with Gasteiger partial charge in [0.25, 0.3) is 0 Å². The molecule has 372 valence electrons. The molecule has 1 unspecified atom stereocenters. The van der Waals surface area contributed by atoms with Crippen molar-refractivity contribution in [2.75, 3.05) is 26.4 Å². The number of allylic oxidation sites excluding steroid dienone is 6. The van der Waals surface area contributed by atoms with E-state index in [-0.39, 0.29) is 31.1 Å². The lowest BCUT2D eigenvalue weighted by atomic mass is 9.88. The summed E-state index contributed by atoms with van der Waals surface area (Å²) in [5.41, 5.74) is 0. The van der Waals surface area contributed by atoms with E-state index >= 15 is 0 Å². The lowest BCUT2D eigenvalue weighted by Gasteiger charge is -2.21. The topological polar surface area (TPSA) is 256 Å². The molecular weight excluding hydrogens is 870 g/mol. The number of carbonyl (C=O) groups excluding carboxylic acids is 2. The lowest BCUT2D eigenvalue weighted by molar-refractivity contribution is -0.161. The van der Waals surface area contributed by atoms with Crippen LogP contribution in [0.15, 0.2) is 48.6 Å². The van der Waals surface area contributed by atoms with Crippen molar-refractivity contribution >= 4 is 27.6 Å². The SMILES string of the molecule is CCCCC/C=C\C/C=C\C/C=C\CCCCCCC(=O)OC[C@H](COP(=O)(O)OC[C@@H](O)COP(=O)(O)O)OC(=O)CCCCCC[C@@H]1[C@@H](/C=C/[C@@H](O)CCCCC)[C@H](O)C[C@@H]1O. The van der Waals surface area contributed by atoms with Gasteiger partial charge < -0.3 is 44.6 Å². The minimum Gasteiger partial charge on any atom is -0.462 e. The predicted molar refractivity (Wildman–Crippen MR) is 246 cm³/mol. The molecule has 1 fully saturated rings. The molecule has 1 saturated carbocycles. The van der Waals surface area contributed by atoms with Crippen LogP contribution in [0.5, 0.6) is 0 Å². The Morgan fingerprint density at radius 1 is 0.641 bits per heavy atom. The fraction of sp³-hybridized carbons (Fsp3) is 0.783. The van der Waals surface area contributed by atoms with Crippen molar-refractivity contribution in [2.24, 2.45) is 11.8 Å². The van der Waals surface area contributed by atoms with E-state index in [1.807, 2.05) is 6.08 Å². The molecule has 7 N–H and O–H groups in total. The minimum absolute atomic E-state index is 0.00170. The third kappa shape index (κ3) is 33.4. The molecule has 8 atom stereocenters. The molecule has 0 aromatic carbocycles. The highest BCUT2D eigenvalue weighted by molar-refractivity contribution is 7.47. The molecule has 0 aliphatic heterocycles. The highest BCUT2D eigenvalue weighted by Gasteiger charge is 2.39. The number of hydrogen-bond donors (Lipinski definition) is 7. The number of ether oxygens (including phenoxy) is 2. The van der Waals surface area contributed by atoms with Gasteiger partial charge in [0.15, 0.2) is 6.10 Å². The van der Waals surface area contributed by atoms with E-state index in [0.29, 0.717) is 32.1 Å². The Balaban J connectivity index is 2.54. The monoisotopic (exact) mass is 953 g/mol. The van der Waals surface area contributed by atoms with Crippen molar-refractivity contribution in [3.63, 3.8) is 0 Å². The zero-order chi connectivity index (χ0) is 47.5. The van der Waals surface area contributed by atoms with E-state index in [2.05, 4.69) is 59.4 Å². The van der Waals surface area contributed by atoms with Gasteiger partial charge in [-0.25, -0.2) is 9.13 Å². The molecule has 0 heterocycles. The Hall–Kier alpha value is -2.04. The van der Waals surface area contributed by atoms with Gasteiger partial charge in [0, 0.05) is 25.2 Å². The summed E-state index contributed by atoms with van der Waals surface area (Å²) in [4.78, 5) is 53.0. The second-order valence-electron chi connectivity index (χ2n) is 16.6. The number of carbonyl (C=O) groups is 2. The molecule has 0 spiro atoms. The van der Waals surface area contributed by atoms with Gasteiger partial charge in [0.1, 0.15) is 12.7 Å². The summed E-state index contributed by atoms with van der Waals surface area (Å²) in [5, 5.41) is 41.2. The standard InChI is InChI=1S/C46H82O16P2/c1-3-5-7-8-9-10-11-12-13-14-15-16-17-18-19-20-25-29-45(51)58-36-40(37-61-64(56,57)60-35-39(48)34-59-63(53,54)55)62-46(52)30-26-22-21-24-28-41-42(44(50)33-43(41)49)32-31-38(47)27-23-6-4-2/h9-10,12-13,15-16,31-32,38-44,47-50H,3-8,11,14,17-30,33-37H2,1-2H3,(H,56,57)(H2,53,54,55)/b10-9-,13-12-,16-15-,32-31+/t38-,39-,40+,41+,42+,43-,44+/m0/s1. The van der Waals surface area contributed by atoms with Gasteiger partial charge in [-0.05, 0) is 70.1 Å². The Kier molecular flexibility index (Phi) is 34.7. The summed E-state index contributed by atoms with van der Waals surface area (Å²) in [6.45, 7) is 1.37. The predicted octanol–water partition coefficient (Wildman–Crippen LogP) is 8.61. The van der Waals surface area contributed by atoms with Crippen molar-refractivity contribution in [2.45, 2.75) is 192 Å². The number of esters is 2. The van der Waals surface area contributed by atoms with Crippen LogP contribution in [0, 0.1) is 11.8 Å². The molecule has 0 saturated heterocycles. The maximum Gasteiger partial charge on any atom is 0.472 e. The zero-order valence-electron chi connectivity index (χ0n) is 38.5. The number of aliphatic hydroxyl groups excluding tert-OH is 4. The third-order valence-corrected chi connectivity index (χ3v) is 12.2. The molecule has 18 heteroatoms. The lowest BCUT2D eigenvalue weighted by Crippen LogP contribution is -2.30. The highest BCUT2D eigenvalue weighted by atomic mass is 31.2. The molecule has 0 aromatic heterocycles. The molecule has 0 aromatic rings. The first-order chi connectivity index (χ1) is 30.6. The van der Waals surface area contributed by atoms with Crippen molar-refractivity contribution in [1.82, 2.24) is 0 Å². The third-order valence-electron chi connectivity index (χ3n) is 10.8. The van der Waals surface area contributed by atoms with E-state index in [0.717, 1.165) is 77.0 Å². The number of aliphatic hydroxyl groups is 4. The molecule has 0 amide bonds. The molecule has 1 rings (SSSR count). The first kappa shape index (κ1) is 60.0. The summed E-state index contributed by atoms with van der Waals surface area (Å²) < 4.78 is 47.9. The Morgan fingerprint density at radius 3 is 1.83 bits per heavy atom. The maximum atomic E-state index is 12.8. The van der Waals surface area contributed by atoms with Crippen LogP contribution in [-0.2, 0) is 41.8 Å². The van der Waals surface area contributed by atoms with Crippen LogP contribution in [0.4, 0.5) is 0 Å². The maximum absolute atomic E-state index is 12.8. The molecular formula is C46H82O16P2. The smallest absolute Gasteiger partial charge is 0.462 e. The summed E-state index contributed by atoms with van der Waals surface area (Å²) in [7, 11) is -9.78. The quantitative estimate of drug-likeness (QED) is 0.0131. The van der Waals surface area contributed by atoms with Gasteiger partial charge in [-0.2, -0.15) is 0 Å². The number of hydrogen-bond acceptors (Lipinski definition) is 13. The Morgan fingerprint density at radius 2 is 1.19 bits per heavy atom. The number of unbranched alkanes of at least 4 members (excludes halogenated alkanes) is 12. The van der Waals surface area contributed by atoms with E-state index < -0.39 is 84.5 Å². The van der Waals surface area contributed by atoms with Crippen molar-refractivity contribution in [1.29, 1.82) is 0 Å².